The number of nitrogens with zero attached hydrogens (tertiary/aromatic N) is 4. The molecule has 26 heavy (non-hydrogen) atoms. The van der Waals surface area contributed by atoms with Crippen molar-refractivity contribution in [3.63, 3.8) is 0 Å². The molecule has 0 unspecified atom stereocenters. The first kappa shape index (κ1) is 16.4. The summed E-state index contributed by atoms with van der Waals surface area (Å²) < 4.78 is 10.9. The van der Waals surface area contributed by atoms with E-state index in [9.17, 15) is 0 Å². The van der Waals surface area contributed by atoms with Gasteiger partial charge in [0.05, 0.1) is 18.3 Å². The van der Waals surface area contributed by atoms with Crippen LogP contribution in [0, 0.1) is 0 Å². The molecule has 9 heteroatoms. The van der Waals surface area contributed by atoms with E-state index in [1.165, 1.54) is 12.8 Å². The van der Waals surface area contributed by atoms with Crippen molar-refractivity contribution in [2.24, 2.45) is 0 Å². The molecule has 136 valence electrons. The summed E-state index contributed by atoms with van der Waals surface area (Å²) in [6.07, 6.45) is 4.15. The van der Waals surface area contributed by atoms with Crippen LogP contribution < -0.4 is 15.4 Å². The van der Waals surface area contributed by atoms with Crippen LogP contribution in [0.4, 0.5) is 17.6 Å². The van der Waals surface area contributed by atoms with E-state index in [0.29, 0.717) is 35.9 Å². The van der Waals surface area contributed by atoms with E-state index in [0.717, 1.165) is 11.5 Å². The molecule has 0 atom stereocenters. The van der Waals surface area contributed by atoms with Gasteiger partial charge in [0.1, 0.15) is 11.6 Å². The van der Waals surface area contributed by atoms with Gasteiger partial charge in [-0.05, 0) is 32.8 Å². The molecular formula is C17H21N7O2. The third-order valence-electron chi connectivity index (χ3n) is 3.82. The number of rotatable bonds is 8. The molecule has 0 aromatic carbocycles. The Hall–Kier alpha value is -3.10. The van der Waals surface area contributed by atoms with Gasteiger partial charge in [-0.15, -0.1) is 5.10 Å². The first-order valence-corrected chi connectivity index (χ1v) is 8.67. The van der Waals surface area contributed by atoms with E-state index in [2.05, 4.69) is 36.0 Å². The monoisotopic (exact) mass is 359 g/mol. The number of aromatic nitrogens is 5. The lowest BCUT2D eigenvalue weighted by Gasteiger charge is -2.06. The van der Waals surface area contributed by atoms with Crippen molar-refractivity contribution in [2.75, 3.05) is 10.6 Å². The van der Waals surface area contributed by atoms with Crippen molar-refractivity contribution in [3.8, 4) is 5.88 Å². The topological polar surface area (TPSA) is 114 Å². The summed E-state index contributed by atoms with van der Waals surface area (Å²) in [5, 5.41) is 17.3. The standard InChI is InChI=1S/C17H21N7O2/c1-10(2)25-16-8-15(22-23-16)20-14-5-6-18-17(21-14)19-9-12-7-13(24-26-12)11-3-4-11/h5-8,10-11H,3-4,9H2,1-2H3,(H3,18,19,20,21,22,23)/i18+1,19+1,20+1,21+1. The zero-order valence-electron chi connectivity index (χ0n) is 14.7. The highest BCUT2D eigenvalue weighted by Crippen LogP contribution is 2.39. The molecule has 3 aromatic rings. The van der Waals surface area contributed by atoms with Gasteiger partial charge in [-0.2, -0.15) is 4.98 Å². The summed E-state index contributed by atoms with van der Waals surface area (Å²) in [5.74, 6) is 3.71. The van der Waals surface area contributed by atoms with Gasteiger partial charge in [0.25, 0.3) is 0 Å². The molecule has 1 saturated carbocycles. The SMILES string of the molecule is CC(C)Oc1cc([15NH]c2cc[15n]c([15NH]Cc3cc(C4CC4)no3)[15n]2)[nH]n1. The number of H-pyrrole nitrogens is 1. The van der Waals surface area contributed by atoms with Crippen molar-refractivity contribution in [1.82, 2.24) is 25.3 Å². The Morgan fingerprint density at radius 2 is 2.23 bits per heavy atom. The lowest BCUT2D eigenvalue weighted by molar-refractivity contribution is 0.232. The molecule has 1 aliphatic rings. The molecule has 1 aliphatic carbocycles. The zero-order chi connectivity index (χ0) is 17.9. The Morgan fingerprint density at radius 3 is 3.04 bits per heavy atom. The van der Waals surface area contributed by atoms with Crippen molar-refractivity contribution < 1.29 is 9.26 Å². The smallest absolute Gasteiger partial charge is 0.234 e. The van der Waals surface area contributed by atoms with E-state index >= 15 is 0 Å². The maximum atomic E-state index is 5.52. The molecule has 3 heterocycles. The van der Waals surface area contributed by atoms with Gasteiger partial charge in [0, 0.05) is 24.2 Å². The maximum Gasteiger partial charge on any atom is 0.234 e. The number of hydrogen-bond acceptors (Lipinski definition) is 8. The van der Waals surface area contributed by atoms with Gasteiger partial charge in [0.15, 0.2) is 5.76 Å². The number of ether oxygens (including phenoxy) is 1. The summed E-state index contributed by atoms with van der Waals surface area (Å²) in [4.78, 5) is 8.64. The number of anilines is 3. The first-order valence-electron chi connectivity index (χ1n) is 8.67. The predicted molar refractivity (Wildman–Crippen MR) is 95.5 cm³/mol. The number of hydrogen-bond donors (Lipinski definition) is 3. The van der Waals surface area contributed by atoms with Crippen LogP contribution in [0.5, 0.6) is 5.88 Å². The molecular weight excluding hydrogens is 338 g/mol. The van der Waals surface area contributed by atoms with E-state index in [4.69, 9.17) is 9.26 Å². The van der Waals surface area contributed by atoms with Crippen LogP contribution in [0.15, 0.2) is 28.9 Å². The molecule has 4 rings (SSSR count). The van der Waals surface area contributed by atoms with E-state index in [1.54, 1.807) is 18.3 Å². The van der Waals surface area contributed by atoms with Crippen LogP contribution in [0.25, 0.3) is 0 Å². The van der Waals surface area contributed by atoms with Crippen LogP contribution in [0.3, 0.4) is 0 Å². The lowest BCUT2D eigenvalue weighted by Crippen LogP contribution is -2.05. The first-order chi connectivity index (χ1) is 12.7. The zero-order valence-corrected chi connectivity index (χ0v) is 14.7. The average Bonchev–Trinajstić information content (AvgIpc) is 3.20. The lowest BCUT2D eigenvalue weighted by atomic mass is 10.3. The summed E-state index contributed by atoms with van der Waals surface area (Å²) in [7, 11) is 0. The fourth-order valence-electron chi connectivity index (χ4n) is 2.47. The summed E-state index contributed by atoms with van der Waals surface area (Å²) in [5.41, 5.74) is 1.04. The minimum atomic E-state index is 0.0672. The van der Waals surface area contributed by atoms with Crippen LogP contribution >= 0.6 is 0 Å². The second-order valence-corrected chi connectivity index (χ2v) is 6.52. The highest BCUT2D eigenvalue weighted by Gasteiger charge is 2.26. The van der Waals surface area contributed by atoms with Crippen molar-refractivity contribution in [1.29, 1.82) is 0 Å². The molecule has 1 fully saturated rings. The Kier molecular flexibility index (Phi) is 4.42. The van der Waals surface area contributed by atoms with Gasteiger partial charge in [-0.3, -0.25) is 5.10 Å². The van der Waals surface area contributed by atoms with Crippen LogP contribution in [0.1, 0.15) is 44.1 Å². The Morgan fingerprint density at radius 1 is 1.35 bits per heavy atom. The highest BCUT2D eigenvalue weighted by molar-refractivity contribution is 5.53. The second-order valence-electron chi connectivity index (χ2n) is 6.52. The highest BCUT2D eigenvalue weighted by atomic mass is 16.5. The Labute approximate surface area is 150 Å². The third-order valence-corrected chi connectivity index (χ3v) is 3.82. The van der Waals surface area contributed by atoms with Gasteiger partial charge < -0.3 is 19.9 Å². The minimum Gasteiger partial charge on any atom is -0.474 e. The van der Waals surface area contributed by atoms with Crippen LogP contribution in [0.2, 0.25) is 0 Å². The predicted octanol–water partition coefficient (Wildman–Crippen LogP) is 3.21. The molecule has 3 aromatic heterocycles. The fourth-order valence-corrected chi connectivity index (χ4v) is 2.47. The molecule has 0 radical (unpaired) electrons. The van der Waals surface area contributed by atoms with E-state index < -0.39 is 0 Å². The maximum absolute atomic E-state index is 5.52. The Balaban J connectivity index is 1.35. The molecule has 0 bridgehead atoms. The summed E-state index contributed by atoms with van der Waals surface area (Å²) in [6.45, 7) is 4.39. The third kappa shape index (κ3) is 4.11. The molecule has 3 N–H and O–H groups in total. The Bertz CT molecular complexity index is 869. The number of nitrogens with one attached hydrogen (secondary N) is 3. The van der Waals surface area contributed by atoms with Crippen LogP contribution in [-0.4, -0.2) is 31.4 Å². The second kappa shape index (κ2) is 7.03. The van der Waals surface area contributed by atoms with Gasteiger partial charge >= 0.3 is 0 Å². The molecule has 9 nitrogen and oxygen atoms in total. The van der Waals surface area contributed by atoms with Crippen molar-refractivity contribution in [3.05, 3.63) is 35.9 Å². The summed E-state index contributed by atoms with van der Waals surface area (Å²) in [6, 6.07) is 5.55. The largest absolute Gasteiger partial charge is 0.474 e. The normalized spacial score (nSPS) is 13.8. The molecule has 0 saturated heterocycles. The quantitative estimate of drug-likeness (QED) is 0.525. The number of aromatic amines is 1. The summed E-state index contributed by atoms with van der Waals surface area (Å²) >= 11 is 0. The van der Waals surface area contributed by atoms with Crippen molar-refractivity contribution >= 4 is 17.6 Å². The fraction of sp³-hybridized carbons (Fsp3) is 0.412. The van der Waals surface area contributed by atoms with Gasteiger partial charge in [-0.25, -0.2) is 4.98 Å². The van der Waals surface area contributed by atoms with Crippen molar-refractivity contribution in [2.45, 2.75) is 45.3 Å². The van der Waals surface area contributed by atoms with E-state index in [1.807, 2.05) is 19.9 Å². The molecule has 0 amide bonds. The molecule has 0 spiro atoms. The van der Waals surface area contributed by atoms with Gasteiger partial charge in [0.2, 0.25) is 11.8 Å². The van der Waals surface area contributed by atoms with E-state index in [-0.39, 0.29) is 6.10 Å². The minimum absolute atomic E-state index is 0.0672. The average molecular weight is 359 g/mol. The molecule has 0 aliphatic heterocycles. The van der Waals surface area contributed by atoms with Gasteiger partial charge in [-0.1, -0.05) is 5.16 Å². The van der Waals surface area contributed by atoms with Crippen LogP contribution in [-0.2, 0) is 6.54 Å².